The Kier molecular flexibility index (Phi) is 7.32. The van der Waals surface area contributed by atoms with Crippen LogP contribution in [0.2, 0.25) is 0 Å². The van der Waals surface area contributed by atoms with Crippen LogP contribution in [0.25, 0.3) is 6.08 Å². The molecule has 1 fully saturated rings. The fourth-order valence-corrected chi connectivity index (χ4v) is 3.76. The minimum Gasteiger partial charge on any atom is -0.489 e. The molecule has 1 heterocycles. The summed E-state index contributed by atoms with van der Waals surface area (Å²) >= 11 is 0. The Bertz CT molecular complexity index is 916. The SMILES string of the molecule is C(=C\c1ccccc1)/CN1CCN(Cc2cccc(OCc3ccccc3)c2)CC1. The molecule has 154 valence electrons. The molecule has 30 heavy (non-hydrogen) atoms. The van der Waals surface area contributed by atoms with E-state index in [0.29, 0.717) is 6.61 Å². The van der Waals surface area contributed by atoms with Gasteiger partial charge in [-0.25, -0.2) is 0 Å². The minimum atomic E-state index is 0.611. The summed E-state index contributed by atoms with van der Waals surface area (Å²) in [5, 5.41) is 0. The molecule has 0 aromatic heterocycles. The van der Waals surface area contributed by atoms with Gasteiger partial charge in [0, 0.05) is 39.3 Å². The highest BCUT2D eigenvalue weighted by Crippen LogP contribution is 2.17. The summed E-state index contributed by atoms with van der Waals surface area (Å²) in [5.74, 6) is 0.945. The molecule has 0 amide bonds. The molecule has 3 heteroatoms. The van der Waals surface area contributed by atoms with Gasteiger partial charge in [0.2, 0.25) is 0 Å². The van der Waals surface area contributed by atoms with Crippen molar-refractivity contribution in [2.75, 3.05) is 32.7 Å². The topological polar surface area (TPSA) is 15.7 Å². The zero-order valence-corrected chi connectivity index (χ0v) is 17.5. The van der Waals surface area contributed by atoms with Crippen molar-refractivity contribution in [2.24, 2.45) is 0 Å². The van der Waals surface area contributed by atoms with E-state index in [2.05, 4.69) is 82.6 Å². The Balaban J connectivity index is 1.21. The lowest BCUT2D eigenvalue weighted by atomic mass is 10.2. The lowest BCUT2D eigenvalue weighted by Crippen LogP contribution is -2.45. The molecule has 3 nitrogen and oxygen atoms in total. The highest BCUT2D eigenvalue weighted by atomic mass is 16.5. The second kappa shape index (κ2) is 10.8. The van der Waals surface area contributed by atoms with Crippen molar-refractivity contribution in [1.29, 1.82) is 0 Å². The number of hydrogen-bond donors (Lipinski definition) is 0. The summed E-state index contributed by atoms with van der Waals surface area (Å²) in [7, 11) is 0. The Morgan fingerprint density at radius 2 is 1.37 bits per heavy atom. The van der Waals surface area contributed by atoms with Crippen molar-refractivity contribution in [3.05, 3.63) is 108 Å². The molecule has 1 aliphatic heterocycles. The summed E-state index contributed by atoms with van der Waals surface area (Å²) in [4.78, 5) is 5.06. The fraction of sp³-hybridized carbons (Fsp3) is 0.259. The van der Waals surface area contributed by atoms with Crippen LogP contribution in [0.4, 0.5) is 0 Å². The third kappa shape index (κ3) is 6.31. The molecule has 1 saturated heterocycles. The van der Waals surface area contributed by atoms with E-state index < -0.39 is 0 Å². The molecular formula is C27H30N2O. The standard InChI is InChI=1S/C27H30N2O/c1-3-9-24(10-4-1)14-8-16-28-17-19-29(20-18-28)22-26-13-7-15-27(21-26)30-23-25-11-5-2-6-12-25/h1-15,21H,16-20,22-23H2/b14-8+. The van der Waals surface area contributed by atoms with Gasteiger partial charge in [-0.15, -0.1) is 0 Å². The maximum Gasteiger partial charge on any atom is 0.120 e. The largest absolute Gasteiger partial charge is 0.489 e. The monoisotopic (exact) mass is 398 g/mol. The van der Waals surface area contributed by atoms with Gasteiger partial charge in [-0.3, -0.25) is 9.80 Å². The third-order valence-electron chi connectivity index (χ3n) is 5.49. The lowest BCUT2D eigenvalue weighted by molar-refractivity contribution is 0.137. The smallest absolute Gasteiger partial charge is 0.120 e. The molecule has 0 saturated carbocycles. The molecule has 0 aliphatic carbocycles. The Morgan fingerprint density at radius 1 is 0.700 bits per heavy atom. The molecule has 0 atom stereocenters. The van der Waals surface area contributed by atoms with Gasteiger partial charge in [-0.2, -0.15) is 0 Å². The van der Waals surface area contributed by atoms with Gasteiger partial charge in [0.05, 0.1) is 0 Å². The first kappa shape index (κ1) is 20.4. The van der Waals surface area contributed by atoms with Gasteiger partial charge in [0.15, 0.2) is 0 Å². The quantitative estimate of drug-likeness (QED) is 0.525. The van der Waals surface area contributed by atoms with Gasteiger partial charge in [0.1, 0.15) is 12.4 Å². The van der Waals surface area contributed by atoms with Crippen LogP contribution in [0.15, 0.2) is 91.0 Å². The molecule has 4 rings (SSSR count). The van der Waals surface area contributed by atoms with Gasteiger partial charge in [0.25, 0.3) is 0 Å². The maximum atomic E-state index is 5.99. The van der Waals surface area contributed by atoms with Crippen molar-refractivity contribution in [3.8, 4) is 5.75 Å². The van der Waals surface area contributed by atoms with Gasteiger partial charge in [-0.1, -0.05) is 84.9 Å². The Hall–Kier alpha value is -2.88. The average Bonchev–Trinajstić information content (AvgIpc) is 2.81. The van der Waals surface area contributed by atoms with Crippen LogP contribution in [0.3, 0.4) is 0 Å². The Labute approximate surface area is 180 Å². The number of rotatable bonds is 8. The van der Waals surface area contributed by atoms with Crippen LogP contribution in [0, 0.1) is 0 Å². The first-order chi connectivity index (χ1) is 14.8. The molecule has 0 bridgehead atoms. The van der Waals surface area contributed by atoms with E-state index in [1.807, 2.05) is 24.3 Å². The highest BCUT2D eigenvalue weighted by Gasteiger charge is 2.16. The predicted molar refractivity (Wildman–Crippen MR) is 124 cm³/mol. The van der Waals surface area contributed by atoms with Crippen molar-refractivity contribution in [2.45, 2.75) is 13.2 Å². The van der Waals surface area contributed by atoms with Crippen molar-refractivity contribution >= 4 is 6.08 Å². The van der Waals surface area contributed by atoms with E-state index in [0.717, 1.165) is 45.0 Å². The fourth-order valence-electron chi connectivity index (χ4n) is 3.76. The lowest BCUT2D eigenvalue weighted by Gasteiger charge is -2.34. The van der Waals surface area contributed by atoms with Crippen LogP contribution in [-0.2, 0) is 13.2 Å². The number of nitrogens with zero attached hydrogens (tertiary/aromatic N) is 2. The molecule has 0 unspecified atom stereocenters. The summed E-state index contributed by atoms with van der Waals surface area (Å²) in [6.45, 7) is 7.05. The minimum absolute atomic E-state index is 0.611. The van der Waals surface area contributed by atoms with Gasteiger partial charge < -0.3 is 4.74 Å². The second-order valence-electron chi connectivity index (χ2n) is 7.81. The number of ether oxygens (including phenoxy) is 1. The van der Waals surface area contributed by atoms with Crippen molar-refractivity contribution < 1.29 is 4.74 Å². The molecule has 0 N–H and O–H groups in total. The summed E-state index contributed by atoms with van der Waals surface area (Å²) < 4.78 is 5.99. The number of benzene rings is 3. The van der Waals surface area contributed by atoms with E-state index in [1.165, 1.54) is 16.7 Å². The zero-order valence-electron chi connectivity index (χ0n) is 17.5. The van der Waals surface area contributed by atoms with Crippen LogP contribution < -0.4 is 4.74 Å². The Morgan fingerprint density at radius 3 is 2.13 bits per heavy atom. The van der Waals surface area contributed by atoms with Crippen molar-refractivity contribution in [1.82, 2.24) is 9.80 Å². The van der Waals surface area contributed by atoms with Crippen molar-refractivity contribution in [3.63, 3.8) is 0 Å². The molecule has 1 aliphatic rings. The predicted octanol–water partition coefficient (Wildman–Crippen LogP) is 5.10. The summed E-state index contributed by atoms with van der Waals surface area (Å²) in [6.07, 6.45) is 4.49. The molecular weight excluding hydrogens is 368 g/mol. The molecule has 0 spiro atoms. The van der Waals surface area contributed by atoms with E-state index in [9.17, 15) is 0 Å². The van der Waals surface area contributed by atoms with E-state index >= 15 is 0 Å². The van der Waals surface area contributed by atoms with E-state index in [4.69, 9.17) is 4.74 Å². The average molecular weight is 399 g/mol. The van der Waals surface area contributed by atoms with E-state index in [-0.39, 0.29) is 0 Å². The first-order valence-corrected chi connectivity index (χ1v) is 10.8. The van der Waals surface area contributed by atoms with Crippen LogP contribution in [0.1, 0.15) is 16.7 Å². The summed E-state index contributed by atoms with van der Waals surface area (Å²) in [6, 6.07) is 29.4. The number of piperazine rings is 1. The van der Waals surface area contributed by atoms with Crippen LogP contribution in [-0.4, -0.2) is 42.5 Å². The maximum absolute atomic E-state index is 5.99. The van der Waals surface area contributed by atoms with E-state index in [1.54, 1.807) is 0 Å². The molecule has 3 aromatic carbocycles. The summed E-state index contributed by atoms with van der Waals surface area (Å²) in [5.41, 5.74) is 3.78. The zero-order chi connectivity index (χ0) is 20.4. The van der Waals surface area contributed by atoms with Gasteiger partial charge in [-0.05, 0) is 28.8 Å². The first-order valence-electron chi connectivity index (χ1n) is 10.8. The number of hydrogen-bond acceptors (Lipinski definition) is 3. The molecule has 3 aromatic rings. The van der Waals surface area contributed by atoms with Crippen LogP contribution in [0.5, 0.6) is 5.75 Å². The van der Waals surface area contributed by atoms with Gasteiger partial charge >= 0.3 is 0 Å². The second-order valence-corrected chi connectivity index (χ2v) is 7.81. The highest BCUT2D eigenvalue weighted by molar-refractivity contribution is 5.48. The van der Waals surface area contributed by atoms with Crippen LogP contribution >= 0.6 is 0 Å². The molecule has 0 radical (unpaired) electrons. The normalized spacial score (nSPS) is 15.5. The third-order valence-corrected chi connectivity index (χ3v) is 5.49.